The van der Waals surface area contributed by atoms with Gasteiger partial charge >= 0.3 is 0 Å². The van der Waals surface area contributed by atoms with E-state index in [4.69, 9.17) is 4.74 Å². The van der Waals surface area contributed by atoms with Crippen LogP contribution in [-0.4, -0.2) is 62.7 Å². The van der Waals surface area contributed by atoms with Crippen LogP contribution in [-0.2, 0) is 16.1 Å². The van der Waals surface area contributed by atoms with Gasteiger partial charge in [0, 0.05) is 51.4 Å². The Bertz CT molecular complexity index is 659. The highest BCUT2D eigenvalue weighted by molar-refractivity contribution is 5.90. The number of hydrogen-bond acceptors (Lipinski definition) is 4. The maximum Gasteiger partial charge on any atom is 0.225 e. The van der Waals surface area contributed by atoms with E-state index in [9.17, 15) is 4.79 Å². The molecule has 1 aliphatic heterocycles. The summed E-state index contributed by atoms with van der Waals surface area (Å²) >= 11 is 0. The molecule has 7 heteroatoms. The standard InChI is InChI=1S/C23H39N5O2/c1-4-5-6-8-19(2)26-23(24-3)25-18-20-9-7-10-21(17-20)27-22(29)11-12-28-13-15-30-16-14-28/h7,9-10,17,19H,4-6,8,11-16,18H2,1-3H3,(H,27,29)(H2,24,25,26). The number of rotatable bonds is 11. The van der Waals surface area contributed by atoms with E-state index in [1.54, 1.807) is 7.05 Å². The third kappa shape index (κ3) is 9.59. The number of ether oxygens (including phenoxy) is 1. The Kier molecular flexibility index (Phi) is 11.3. The number of carbonyl (C=O) groups excluding carboxylic acids is 1. The van der Waals surface area contributed by atoms with Gasteiger partial charge in [-0.05, 0) is 31.0 Å². The molecule has 3 N–H and O–H groups in total. The summed E-state index contributed by atoms with van der Waals surface area (Å²) in [6.07, 6.45) is 5.37. The zero-order valence-electron chi connectivity index (χ0n) is 18.9. The average Bonchev–Trinajstić information content (AvgIpc) is 2.76. The highest BCUT2D eigenvalue weighted by Gasteiger charge is 2.12. The van der Waals surface area contributed by atoms with Crippen molar-refractivity contribution in [1.29, 1.82) is 0 Å². The van der Waals surface area contributed by atoms with Gasteiger partial charge in [-0.2, -0.15) is 0 Å². The fourth-order valence-electron chi connectivity index (χ4n) is 3.45. The number of guanidine groups is 1. The largest absolute Gasteiger partial charge is 0.379 e. The predicted molar refractivity (Wildman–Crippen MR) is 124 cm³/mol. The second-order valence-corrected chi connectivity index (χ2v) is 7.92. The Morgan fingerprint density at radius 1 is 1.27 bits per heavy atom. The molecule has 0 radical (unpaired) electrons. The van der Waals surface area contributed by atoms with Crippen molar-refractivity contribution in [2.45, 2.75) is 58.5 Å². The fourth-order valence-corrected chi connectivity index (χ4v) is 3.45. The van der Waals surface area contributed by atoms with Crippen LogP contribution in [0.15, 0.2) is 29.3 Å². The first kappa shape index (κ1) is 24.2. The molecule has 1 heterocycles. The number of morpholine rings is 1. The minimum atomic E-state index is 0.0463. The van der Waals surface area contributed by atoms with Crippen LogP contribution in [0.25, 0.3) is 0 Å². The zero-order chi connectivity index (χ0) is 21.6. The van der Waals surface area contributed by atoms with Crippen LogP contribution in [0, 0.1) is 0 Å². The summed E-state index contributed by atoms with van der Waals surface area (Å²) in [7, 11) is 1.79. The van der Waals surface area contributed by atoms with Gasteiger partial charge in [0.05, 0.1) is 13.2 Å². The predicted octanol–water partition coefficient (Wildman–Crippen LogP) is 2.98. The molecule has 1 fully saturated rings. The van der Waals surface area contributed by atoms with Gasteiger partial charge in [0.1, 0.15) is 0 Å². The molecular formula is C23H39N5O2. The second kappa shape index (κ2) is 14.0. The molecule has 0 aliphatic carbocycles. The van der Waals surface area contributed by atoms with Gasteiger partial charge in [0.2, 0.25) is 5.91 Å². The molecule has 0 saturated carbocycles. The molecule has 1 atom stereocenters. The Hall–Kier alpha value is -2.12. The van der Waals surface area contributed by atoms with E-state index in [0.717, 1.165) is 56.5 Å². The zero-order valence-corrected chi connectivity index (χ0v) is 18.9. The van der Waals surface area contributed by atoms with Crippen LogP contribution < -0.4 is 16.0 Å². The van der Waals surface area contributed by atoms with Gasteiger partial charge < -0.3 is 20.7 Å². The number of nitrogens with one attached hydrogen (secondary N) is 3. The van der Waals surface area contributed by atoms with E-state index >= 15 is 0 Å². The lowest BCUT2D eigenvalue weighted by molar-refractivity contribution is -0.116. The third-order valence-corrected chi connectivity index (χ3v) is 5.28. The molecule has 0 aromatic heterocycles. The molecule has 1 unspecified atom stereocenters. The van der Waals surface area contributed by atoms with Gasteiger partial charge in [0.15, 0.2) is 5.96 Å². The van der Waals surface area contributed by atoms with Crippen molar-refractivity contribution in [3.05, 3.63) is 29.8 Å². The van der Waals surface area contributed by atoms with Crippen molar-refractivity contribution in [1.82, 2.24) is 15.5 Å². The molecule has 1 saturated heterocycles. The molecule has 1 amide bonds. The molecule has 2 rings (SSSR count). The highest BCUT2D eigenvalue weighted by Crippen LogP contribution is 2.11. The number of benzene rings is 1. The molecule has 30 heavy (non-hydrogen) atoms. The Morgan fingerprint density at radius 2 is 2.07 bits per heavy atom. The smallest absolute Gasteiger partial charge is 0.225 e. The quantitative estimate of drug-likeness (QED) is 0.293. The average molecular weight is 418 g/mol. The SMILES string of the molecule is CCCCCC(C)NC(=NC)NCc1cccc(NC(=O)CCN2CCOCC2)c1. The molecule has 1 aromatic rings. The minimum absolute atomic E-state index is 0.0463. The summed E-state index contributed by atoms with van der Waals surface area (Å²) in [6.45, 7) is 9.16. The van der Waals surface area contributed by atoms with E-state index in [2.05, 4.69) is 39.7 Å². The summed E-state index contributed by atoms with van der Waals surface area (Å²) in [6, 6.07) is 8.35. The molecule has 0 bridgehead atoms. The van der Waals surface area contributed by atoms with Gasteiger partial charge in [-0.3, -0.25) is 14.7 Å². The number of carbonyl (C=O) groups is 1. The van der Waals surface area contributed by atoms with Crippen LogP contribution in [0.3, 0.4) is 0 Å². The molecule has 1 aromatic carbocycles. The van der Waals surface area contributed by atoms with Crippen molar-refractivity contribution < 1.29 is 9.53 Å². The summed E-state index contributed by atoms with van der Waals surface area (Å²) < 4.78 is 5.35. The van der Waals surface area contributed by atoms with E-state index in [0.29, 0.717) is 19.0 Å². The summed E-state index contributed by atoms with van der Waals surface area (Å²) in [5.74, 6) is 0.851. The fraction of sp³-hybridized carbons (Fsp3) is 0.652. The first-order valence-electron chi connectivity index (χ1n) is 11.3. The lowest BCUT2D eigenvalue weighted by atomic mass is 10.1. The van der Waals surface area contributed by atoms with E-state index in [-0.39, 0.29) is 5.91 Å². The number of unbranched alkanes of at least 4 members (excludes halogenated alkanes) is 2. The summed E-state index contributed by atoms with van der Waals surface area (Å²) in [5, 5.41) is 9.82. The van der Waals surface area contributed by atoms with E-state index in [1.807, 2.05) is 24.3 Å². The van der Waals surface area contributed by atoms with Crippen molar-refractivity contribution in [2.24, 2.45) is 4.99 Å². The van der Waals surface area contributed by atoms with E-state index < -0.39 is 0 Å². The first-order chi connectivity index (χ1) is 14.6. The number of hydrogen-bond donors (Lipinski definition) is 3. The Labute approximate surface area is 181 Å². The lowest BCUT2D eigenvalue weighted by Gasteiger charge is -2.26. The van der Waals surface area contributed by atoms with E-state index in [1.165, 1.54) is 19.3 Å². The summed E-state index contributed by atoms with van der Waals surface area (Å²) in [5.41, 5.74) is 1.93. The topological polar surface area (TPSA) is 78.0 Å². The number of anilines is 1. The maximum absolute atomic E-state index is 12.3. The maximum atomic E-state index is 12.3. The Morgan fingerprint density at radius 3 is 2.80 bits per heavy atom. The lowest BCUT2D eigenvalue weighted by Crippen LogP contribution is -2.41. The van der Waals surface area contributed by atoms with Crippen LogP contribution in [0.5, 0.6) is 0 Å². The van der Waals surface area contributed by atoms with Crippen molar-refractivity contribution in [3.63, 3.8) is 0 Å². The highest BCUT2D eigenvalue weighted by atomic mass is 16.5. The number of aliphatic imine (C=N–C) groups is 1. The number of amides is 1. The van der Waals surface area contributed by atoms with Gasteiger partial charge in [0.25, 0.3) is 0 Å². The minimum Gasteiger partial charge on any atom is -0.379 e. The van der Waals surface area contributed by atoms with Gasteiger partial charge in [-0.1, -0.05) is 38.3 Å². The summed E-state index contributed by atoms with van der Waals surface area (Å²) in [4.78, 5) is 18.9. The van der Waals surface area contributed by atoms with Crippen molar-refractivity contribution in [3.8, 4) is 0 Å². The first-order valence-corrected chi connectivity index (χ1v) is 11.3. The number of nitrogens with zero attached hydrogens (tertiary/aromatic N) is 2. The molecule has 168 valence electrons. The molecule has 1 aliphatic rings. The monoisotopic (exact) mass is 417 g/mol. The van der Waals surface area contributed by atoms with Crippen molar-refractivity contribution >= 4 is 17.6 Å². The molecule has 7 nitrogen and oxygen atoms in total. The van der Waals surface area contributed by atoms with Crippen LogP contribution in [0.1, 0.15) is 51.5 Å². The van der Waals surface area contributed by atoms with Crippen molar-refractivity contribution in [2.75, 3.05) is 45.2 Å². The molecule has 0 spiro atoms. The Balaban J connectivity index is 1.75. The second-order valence-electron chi connectivity index (χ2n) is 7.92. The molecular weight excluding hydrogens is 378 g/mol. The van der Waals surface area contributed by atoms with Gasteiger partial charge in [-0.25, -0.2) is 0 Å². The van der Waals surface area contributed by atoms with Crippen LogP contribution in [0.4, 0.5) is 5.69 Å². The van der Waals surface area contributed by atoms with Gasteiger partial charge in [-0.15, -0.1) is 0 Å². The van der Waals surface area contributed by atoms with Crippen LogP contribution in [0.2, 0.25) is 0 Å². The third-order valence-electron chi connectivity index (χ3n) is 5.28. The van der Waals surface area contributed by atoms with Crippen LogP contribution >= 0.6 is 0 Å². The normalized spacial score (nSPS) is 16.2.